The first-order valence-corrected chi connectivity index (χ1v) is 6.73. The van der Waals surface area contributed by atoms with Gasteiger partial charge in [-0.2, -0.15) is 11.8 Å². The molecule has 0 saturated carbocycles. The lowest BCUT2D eigenvalue weighted by Crippen LogP contribution is -2.40. The third-order valence-electron chi connectivity index (χ3n) is 2.90. The van der Waals surface area contributed by atoms with Crippen LogP contribution >= 0.6 is 11.8 Å². The Morgan fingerprint density at radius 1 is 1.19 bits per heavy atom. The number of nitrogens with zero attached hydrogens (tertiary/aromatic N) is 1. The van der Waals surface area contributed by atoms with Crippen LogP contribution in [0.3, 0.4) is 0 Å². The first kappa shape index (κ1) is 11.8. The van der Waals surface area contributed by atoms with Crippen molar-refractivity contribution in [2.45, 2.75) is 31.0 Å². The summed E-state index contributed by atoms with van der Waals surface area (Å²) in [7, 11) is 0. The summed E-state index contributed by atoms with van der Waals surface area (Å²) in [5, 5.41) is 10.4. The van der Waals surface area contributed by atoms with Crippen LogP contribution in [0.15, 0.2) is 24.3 Å². The first-order chi connectivity index (χ1) is 7.69. The molecule has 1 heterocycles. The number of hydrogen-bond acceptors (Lipinski definition) is 3. The second-order valence-electron chi connectivity index (χ2n) is 4.49. The van der Waals surface area contributed by atoms with Crippen molar-refractivity contribution in [3.8, 4) is 0 Å². The fourth-order valence-corrected chi connectivity index (χ4v) is 3.53. The van der Waals surface area contributed by atoms with Gasteiger partial charge in [-0.25, -0.2) is 0 Å². The van der Waals surface area contributed by atoms with Crippen LogP contribution in [0, 0.1) is 0 Å². The Balaban J connectivity index is 2.10. The molecule has 1 saturated heterocycles. The molecule has 1 aromatic rings. The molecule has 1 fully saturated rings. The van der Waals surface area contributed by atoms with Gasteiger partial charge in [-0.3, -0.25) is 0 Å². The van der Waals surface area contributed by atoms with Crippen LogP contribution in [0.4, 0.5) is 5.69 Å². The number of anilines is 1. The summed E-state index contributed by atoms with van der Waals surface area (Å²) in [6.07, 6.45) is 0. The third kappa shape index (κ3) is 2.71. The molecular formula is C13H19NOS. The van der Waals surface area contributed by atoms with Gasteiger partial charge in [-0.1, -0.05) is 26.0 Å². The van der Waals surface area contributed by atoms with E-state index in [0.717, 1.165) is 18.7 Å². The minimum Gasteiger partial charge on any atom is -0.392 e. The van der Waals surface area contributed by atoms with Crippen molar-refractivity contribution in [3.05, 3.63) is 29.8 Å². The van der Waals surface area contributed by atoms with Gasteiger partial charge in [0.15, 0.2) is 0 Å². The Hall–Kier alpha value is -0.670. The topological polar surface area (TPSA) is 23.5 Å². The number of hydrogen-bond donors (Lipinski definition) is 1. The molecule has 0 bridgehead atoms. The van der Waals surface area contributed by atoms with Crippen molar-refractivity contribution in [2.75, 3.05) is 18.0 Å². The Kier molecular flexibility index (Phi) is 3.77. The van der Waals surface area contributed by atoms with Crippen LogP contribution < -0.4 is 4.90 Å². The maximum Gasteiger partial charge on any atom is 0.0681 e. The molecule has 2 atom stereocenters. The first-order valence-electron chi connectivity index (χ1n) is 5.79. The predicted molar refractivity (Wildman–Crippen MR) is 71.1 cm³/mol. The van der Waals surface area contributed by atoms with Gasteiger partial charge in [0.2, 0.25) is 0 Å². The summed E-state index contributed by atoms with van der Waals surface area (Å²) in [6.45, 7) is 6.94. The second kappa shape index (κ2) is 5.11. The highest BCUT2D eigenvalue weighted by atomic mass is 32.2. The molecule has 0 aliphatic carbocycles. The monoisotopic (exact) mass is 237 g/mol. The lowest BCUT2D eigenvalue weighted by Gasteiger charge is -2.36. The lowest BCUT2D eigenvalue weighted by molar-refractivity contribution is 0.282. The van der Waals surface area contributed by atoms with Gasteiger partial charge in [0, 0.05) is 29.3 Å². The zero-order chi connectivity index (χ0) is 11.5. The van der Waals surface area contributed by atoms with Gasteiger partial charge in [0.25, 0.3) is 0 Å². The van der Waals surface area contributed by atoms with E-state index in [9.17, 15) is 0 Å². The van der Waals surface area contributed by atoms with Crippen molar-refractivity contribution in [3.63, 3.8) is 0 Å². The smallest absolute Gasteiger partial charge is 0.0681 e. The van der Waals surface area contributed by atoms with Gasteiger partial charge in [-0.15, -0.1) is 0 Å². The van der Waals surface area contributed by atoms with Gasteiger partial charge in [0.1, 0.15) is 0 Å². The van der Waals surface area contributed by atoms with Gasteiger partial charge >= 0.3 is 0 Å². The molecule has 2 rings (SSSR count). The standard InChI is InChI=1S/C13H19NOS/c1-10-7-14(8-11(2)16-10)13-5-3-12(9-15)4-6-13/h3-6,10-11,15H,7-9H2,1-2H3. The summed E-state index contributed by atoms with van der Waals surface area (Å²) in [4.78, 5) is 2.44. The lowest BCUT2D eigenvalue weighted by atomic mass is 10.2. The van der Waals surface area contributed by atoms with Gasteiger partial charge < -0.3 is 10.0 Å². The molecule has 16 heavy (non-hydrogen) atoms. The average molecular weight is 237 g/mol. The van der Waals surface area contributed by atoms with Crippen LogP contribution in [-0.4, -0.2) is 28.7 Å². The molecule has 0 radical (unpaired) electrons. The predicted octanol–water partition coefficient (Wildman–Crippen LogP) is 2.51. The molecule has 0 amide bonds. The van der Waals surface area contributed by atoms with Crippen LogP contribution in [0.1, 0.15) is 19.4 Å². The van der Waals surface area contributed by atoms with Gasteiger partial charge in [0.05, 0.1) is 6.61 Å². The van der Waals surface area contributed by atoms with E-state index in [1.54, 1.807) is 0 Å². The quantitative estimate of drug-likeness (QED) is 0.855. The van der Waals surface area contributed by atoms with E-state index < -0.39 is 0 Å². The number of aliphatic hydroxyl groups is 1. The van der Waals surface area contributed by atoms with Crippen LogP contribution in [-0.2, 0) is 6.61 Å². The summed E-state index contributed by atoms with van der Waals surface area (Å²) in [5.41, 5.74) is 2.26. The molecule has 3 heteroatoms. The molecule has 1 aliphatic rings. The number of benzene rings is 1. The van der Waals surface area contributed by atoms with E-state index in [0.29, 0.717) is 10.5 Å². The molecule has 1 N–H and O–H groups in total. The molecular weight excluding hydrogens is 218 g/mol. The Morgan fingerprint density at radius 3 is 2.25 bits per heavy atom. The van der Waals surface area contributed by atoms with Crippen molar-refractivity contribution in [1.82, 2.24) is 0 Å². The Morgan fingerprint density at radius 2 is 1.75 bits per heavy atom. The molecule has 1 aliphatic heterocycles. The van der Waals surface area contributed by atoms with Crippen molar-refractivity contribution >= 4 is 17.4 Å². The highest BCUT2D eigenvalue weighted by Gasteiger charge is 2.22. The zero-order valence-electron chi connectivity index (χ0n) is 9.89. The Labute approximate surface area is 102 Å². The number of rotatable bonds is 2. The maximum absolute atomic E-state index is 9.01. The molecule has 1 aromatic carbocycles. The molecule has 88 valence electrons. The number of aliphatic hydroxyl groups excluding tert-OH is 1. The molecule has 0 aromatic heterocycles. The van der Waals surface area contributed by atoms with Crippen LogP contribution in [0.25, 0.3) is 0 Å². The molecule has 0 spiro atoms. The summed E-state index contributed by atoms with van der Waals surface area (Å²) < 4.78 is 0. The summed E-state index contributed by atoms with van der Waals surface area (Å²) >= 11 is 2.07. The molecule has 2 unspecified atom stereocenters. The highest BCUT2D eigenvalue weighted by Crippen LogP contribution is 2.28. The maximum atomic E-state index is 9.01. The SMILES string of the molecule is CC1CN(c2ccc(CO)cc2)CC(C)S1. The minimum atomic E-state index is 0.128. The van der Waals surface area contributed by atoms with Gasteiger partial charge in [-0.05, 0) is 17.7 Å². The van der Waals surface area contributed by atoms with Crippen molar-refractivity contribution < 1.29 is 5.11 Å². The van der Waals surface area contributed by atoms with Crippen LogP contribution in [0.5, 0.6) is 0 Å². The van der Waals surface area contributed by atoms with E-state index in [1.807, 2.05) is 12.1 Å². The fraction of sp³-hybridized carbons (Fsp3) is 0.538. The van der Waals surface area contributed by atoms with E-state index >= 15 is 0 Å². The normalized spacial score (nSPS) is 25.8. The van der Waals surface area contributed by atoms with Crippen LogP contribution in [0.2, 0.25) is 0 Å². The average Bonchev–Trinajstić information content (AvgIpc) is 2.28. The van der Waals surface area contributed by atoms with E-state index in [-0.39, 0.29) is 6.61 Å². The van der Waals surface area contributed by atoms with Crippen molar-refractivity contribution in [2.24, 2.45) is 0 Å². The zero-order valence-corrected chi connectivity index (χ0v) is 10.7. The van der Waals surface area contributed by atoms with E-state index in [4.69, 9.17) is 5.11 Å². The fourth-order valence-electron chi connectivity index (χ4n) is 2.20. The van der Waals surface area contributed by atoms with Crippen molar-refractivity contribution in [1.29, 1.82) is 0 Å². The molecule has 2 nitrogen and oxygen atoms in total. The Bertz CT molecular complexity index is 328. The van der Waals surface area contributed by atoms with E-state index in [1.165, 1.54) is 5.69 Å². The summed E-state index contributed by atoms with van der Waals surface area (Å²) in [6, 6.07) is 8.24. The number of thioether (sulfide) groups is 1. The highest BCUT2D eigenvalue weighted by molar-refractivity contribution is 8.00. The minimum absolute atomic E-state index is 0.128. The second-order valence-corrected chi connectivity index (χ2v) is 6.37. The van der Waals surface area contributed by atoms with E-state index in [2.05, 4.69) is 42.6 Å². The third-order valence-corrected chi connectivity index (χ3v) is 4.13. The summed E-state index contributed by atoms with van der Waals surface area (Å²) in [5.74, 6) is 0. The largest absolute Gasteiger partial charge is 0.392 e.